The minimum atomic E-state index is -4.68. The van der Waals surface area contributed by atoms with Gasteiger partial charge in [0.05, 0.1) is 28.7 Å². The lowest BCUT2D eigenvalue weighted by Crippen LogP contribution is -2.31. The molecule has 0 unspecified atom stereocenters. The van der Waals surface area contributed by atoms with E-state index in [4.69, 9.17) is 11.6 Å². The van der Waals surface area contributed by atoms with Gasteiger partial charge in [0.25, 0.3) is 10.0 Å². The number of hydrogen-bond acceptors (Lipinski definition) is 4. The molecule has 0 saturated carbocycles. The van der Waals surface area contributed by atoms with Crippen molar-refractivity contribution in [3.05, 3.63) is 94.5 Å². The Morgan fingerprint density at radius 3 is 2.26 bits per heavy atom. The van der Waals surface area contributed by atoms with Gasteiger partial charge >= 0.3 is 6.18 Å². The first-order valence-electron chi connectivity index (χ1n) is 8.75. The van der Waals surface area contributed by atoms with Crippen LogP contribution in [-0.2, 0) is 22.7 Å². The second-order valence-electron chi connectivity index (χ2n) is 6.47. The standard InChI is InChI=1S/C21H15ClF3NO4S/c22-19-10-9-17(12-18(19)20(27)28)31(29,30)26(13-14-5-2-1-3-6-14)16-8-4-7-15(11-16)21(23,24)25/h1-12H,13H2,(H,27,28)/p-1. The van der Waals surface area contributed by atoms with E-state index in [1.165, 1.54) is 6.07 Å². The van der Waals surface area contributed by atoms with Crippen molar-refractivity contribution in [2.24, 2.45) is 0 Å². The number of hydrogen-bond donors (Lipinski definition) is 0. The van der Waals surface area contributed by atoms with Crippen LogP contribution in [0, 0.1) is 0 Å². The van der Waals surface area contributed by atoms with E-state index in [1.807, 2.05) is 0 Å². The molecule has 0 radical (unpaired) electrons. The molecule has 3 aromatic carbocycles. The van der Waals surface area contributed by atoms with E-state index in [0.29, 0.717) is 5.56 Å². The highest BCUT2D eigenvalue weighted by atomic mass is 35.5. The lowest BCUT2D eigenvalue weighted by Gasteiger charge is -2.26. The molecule has 5 nitrogen and oxygen atoms in total. The van der Waals surface area contributed by atoms with E-state index in [2.05, 4.69) is 0 Å². The number of benzene rings is 3. The number of carbonyl (C=O) groups excluding carboxylic acids is 1. The molecular weight excluding hydrogens is 455 g/mol. The Hall–Kier alpha value is -3.04. The van der Waals surface area contributed by atoms with Gasteiger partial charge < -0.3 is 9.90 Å². The maximum atomic E-state index is 13.4. The van der Waals surface area contributed by atoms with Crippen molar-refractivity contribution < 1.29 is 31.5 Å². The van der Waals surface area contributed by atoms with Gasteiger partial charge in [-0.05, 0) is 42.0 Å². The topological polar surface area (TPSA) is 77.5 Å². The summed E-state index contributed by atoms with van der Waals surface area (Å²) in [5.74, 6) is -1.68. The Bertz CT molecular complexity index is 1210. The largest absolute Gasteiger partial charge is 0.545 e. The van der Waals surface area contributed by atoms with Crippen LogP contribution in [0.15, 0.2) is 77.7 Å². The fraction of sp³-hybridized carbons (Fsp3) is 0.0952. The first-order chi connectivity index (χ1) is 14.5. The molecule has 0 aliphatic rings. The molecule has 0 N–H and O–H groups in total. The molecule has 0 saturated heterocycles. The van der Waals surface area contributed by atoms with Crippen LogP contribution >= 0.6 is 11.6 Å². The normalized spacial score (nSPS) is 11.9. The second kappa shape index (κ2) is 8.60. The molecule has 0 atom stereocenters. The molecule has 3 rings (SSSR count). The maximum absolute atomic E-state index is 13.4. The van der Waals surface area contributed by atoms with E-state index in [9.17, 15) is 31.5 Å². The summed E-state index contributed by atoms with van der Waals surface area (Å²) >= 11 is 5.78. The minimum Gasteiger partial charge on any atom is -0.545 e. The summed E-state index contributed by atoms with van der Waals surface area (Å²) in [5.41, 5.74) is -1.29. The third-order valence-electron chi connectivity index (χ3n) is 4.38. The van der Waals surface area contributed by atoms with Gasteiger partial charge in [-0.3, -0.25) is 4.31 Å². The van der Waals surface area contributed by atoms with Gasteiger partial charge in [0, 0.05) is 10.6 Å². The lowest BCUT2D eigenvalue weighted by molar-refractivity contribution is -0.255. The Morgan fingerprint density at radius 1 is 0.968 bits per heavy atom. The summed E-state index contributed by atoms with van der Waals surface area (Å²) in [5, 5.41) is 11.0. The third kappa shape index (κ3) is 5.00. The summed E-state index contributed by atoms with van der Waals surface area (Å²) in [6, 6.07) is 15.1. The monoisotopic (exact) mass is 468 g/mol. The Balaban J connectivity index is 2.17. The van der Waals surface area contributed by atoms with Gasteiger partial charge in [-0.2, -0.15) is 13.2 Å². The number of aromatic carboxylic acids is 1. The van der Waals surface area contributed by atoms with Crippen LogP contribution in [-0.4, -0.2) is 14.4 Å². The minimum absolute atomic E-state index is 0.229. The molecule has 162 valence electrons. The zero-order valence-corrected chi connectivity index (χ0v) is 17.2. The Kier molecular flexibility index (Phi) is 6.28. The molecule has 0 aliphatic carbocycles. The number of carboxylic acid groups (broad SMARTS) is 1. The SMILES string of the molecule is O=C([O-])c1cc(S(=O)(=O)N(Cc2ccccc2)c2cccc(C(F)(F)F)c2)ccc1Cl. The number of carbonyl (C=O) groups is 1. The summed E-state index contributed by atoms with van der Waals surface area (Å²) in [6.07, 6.45) is -4.68. The third-order valence-corrected chi connectivity index (χ3v) is 6.48. The first kappa shape index (κ1) is 22.6. The van der Waals surface area contributed by atoms with Crippen LogP contribution in [0.25, 0.3) is 0 Å². The highest BCUT2D eigenvalue weighted by molar-refractivity contribution is 7.92. The maximum Gasteiger partial charge on any atom is 0.416 e. The molecule has 10 heteroatoms. The van der Waals surface area contributed by atoms with E-state index < -0.39 is 38.2 Å². The van der Waals surface area contributed by atoms with Gasteiger partial charge in [-0.15, -0.1) is 0 Å². The van der Waals surface area contributed by atoms with Crippen LogP contribution in [0.4, 0.5) is 18.9 Å². The van der Waals surface area contributed by atoms with E-state index in [0.717, 1.165) is 40.7 Å². The Morgan fingerprint density at radius 2 is 1.65 bits per heavy atom. The number of rotatable bonds is 6. The van der Waals surface area contributed by atoms with Crippen molar-refractivity contribution in [2.75, 3.05) is 4.31 Å². The van der Waals surface area contributed by atoms with Crippen LogP contribution in [0.5, 0.6) is 0 Å². The molecule has 0 amide bonds. The number of nitrogens with zero attached hydrogens (tertiary/aromatic N) is 1. The van der Waals surface area contributed by atoms with Gasteiger partial charge in [-0.1, -0.05) is 48.0 Å². The van der Waals surface area contributed by atoms with E-state index >= 15 is 0 Å². The van der Waals surface area contributed by atoms with Crippen LogP contribution in [0.1, 0.15) is 21.5 Å². The average molecular weight is 469 g/mol. The zero-order chi connectivity index (χ0) is 22.8. The Labute approximate surface area is 181 Å². The smallest absolute Gasteiger partial charge is 0.416 e. The van der Waals surface area contributed by atoms with Crippen LogP contribution in [0.3, 0.4) is 0 Å². The highest BCUT2D eigenvalue weighted by Gasteiger charge is 2.33. The van der Waals surface area contributed by atoms with Gasteiger partial charge in [0.2, 0.25) is 0 Å². The summed E-state index contributed by atoms with van der Waals surface area (Å²) in [7, 11) is -4.47. The summed E-state index contributed by atoms with van der Waals surface area (Å²) in [4.78, 5) is 10.8. The van der Waals surface area contributed by atoms with E-state index in [-0.39, 0.29) is 17.3 Å². The first-order valence-corrected chi connectivity index (χ1v) is 10.6. The predicted molar refractivity (Wildman–Crippen MR) is 107 cm³/mol. The van der Waals surface area contributed by atoms with Crippen molar-refractivity contribution in [2.45, 2.75) is 17.6 Å². The molecule has 0 aliphatic heterocycles. The number of carboxylic acids is 1. The molecule has 0 aromatic heterocycles. The van der Waals surface area contributed by atoms with Gasteiger partial charge in [-0.25, -0.2) is 8.42 Å². The zero-order valence-electron chi connectivity index (χ0n) is 15.6. The predicted octanol–water partition coefficient (Wildman–Crippen LogP) is 4.12. The lowest BCUT2D eigenvalue weighted by atomic mass is 10.2. The van der Waals surface area contributed by atoms with Crippen molar-refractivity contribution in [1.82, 2.24) is 0 Å². The second-order valence-corrected chi connectivity index (χ2v) is 8.74. The molecule has 3 aromatic rings. The summed E-state index contributed by atoms with van der Waals surface area (Å²) < 4.78 is 67.1. The fourth-order valence-corrected chi connectivity index (χ4v) is 4.52. The van der Waals surface area contributed by atoms with Crippen molar-refractivity contribution in [3.63, 3.8) is 0 Å². The van der Waals surface area contributed by atoms with E-state index in [1.54, 1.807) is 30.3 Å². The van der Waals surface area contributed by atoms with Crippen molar-refractivity contribution in [3.8, 4) is 0 Å². The number of anilines is 1. The molecule has 31 heavy (non-hydrogen) atoms. The molecular formula is C21H14ClF3NO4S-. The number of sulfonamides is 1. The molecule has 0 bridgehead atoms. The molecule has 0 fully saturated rings. The molecule has 0 heterocycles. The quantitative estimate of drug-likeness (QED) is 0.545. The van der Waals surface area contributed by atoms with Gasteiger partial charge in [0.1, 0.15) is 0 Å². The van der Waals surface area contributed by atoms with Gasteiger partial charge in [0.15, 0.2) is 0 Å². The molecule has 0 spiro atoms. The fourth-order valence-electron chi connectivity index (χ4n) is 2.85. The van der Waals surface area contributed by atoms with Crippen LogP contribution in [0.2, 0.25) is 5.02 Å². The van der Waals surface area contributed by atoms with Crippen molar-refractivity contribution >= 4 is 33.3 Å². The van der Waals surface area contributed by atoms with Crippen LogP contribution < -0.4 is 9.41 Å². The van der Waals surface area contributed by atoms with Crippen molar-refractivity contribution in [1.29, 1.82) is 0 Å². The number of halogens is 4. The highest BCUT2D eigenvalue weighted by Crippen LogP contribution is 2.34. The summed E-state index contributed by atoms with van der Waals surface area (Å²) in [6.45, 7) is -0.284. The average Bonchev–Trinajstić information content (AvgIpc) is 2.72. The number of alkyl halides is 3.